The third kappa shape index (κ3) is 5.46. The van der Waals surface area contributed by atoms with Gasteiger partial charge in [0, 0.05) is 5.02 Å². The predicted molar refractivity (Wildman–Crippen MR) is 99.3 cm³/mol. The molecule has 8 heteroatoms. The summed E-state index contributed by atoms with van der Waals surface area (Å²) < 4.78 is 15.0. The number of methoxy groups -OCH3 is 1. The summed E-state index contributed by atoms with van der Waals surface area (Å²) in [6.07, 6.45) is 0. The lowest BCUT2D eigenvalue weighted by atomic mass is 10.2. The zero-order valence-corrected chi connectivity index (χ0v) is 15.5. The third-order valence-electron chi connectivity index (χ3n) is 3.41. The first-order chi connectivity index (χ1) is 13.0. The smallest absolute Gasteiger partial charge is 0.342 e. The molecule has 2 aromatic carbocycles. The van der Waals surface area contributed by atoms with Gasteiger partial charge in [-0.2, -0.15) is 0 Å². The van der Waals surface area contributed by atoms with Crippen LogP contribution in [0.3, 0.4) is 0 Å². The first-order valence-corrected chi connectivity index (χ1v) is 8.40. The van der Waals surface area contributed by atoms with Crippen molar-refractivity contribution >= 4 is 35.1 Å². The van der Waals surface area contributed by atoms with Crippen molar-refractivity contribution in [3.8, 4) is 5.75 Å². The molecule has 1 N–H and O–H groups in total. The Kier molecular flexibility index (Phi) is 7.19. The molecule has 0 aliphatic carbocycles. The second-order valence-electron chi connectivity index (χ2n) is 5.23. The van der Waals surface area contributed by atoms with E-state index in [0.717, 1.165) is 0 Å². The van der Waals surface area contributed by atoms with Gasteiger partial charge >= 0.3 is 11.9 Å². The number of para-hydroxylation sites is 1. The Morgan fingerprint density at radius 2 is 1.70 bits per heavy atom. The lowest BCUT2D eigenvalue weighted by Crippen LogP contribution is -2.22. The number of rotatable bonds is 7. The molecule has 0 fully saturated rings. The van der Waals surface area contributed by atoms with Gasteiger partial charge in [0.15, 0.2) is 6.61 Å². The molecule has 0 heterocycles. The number of carbonyl (C=O) groups excluding carboxylic acids is 3. The van der Waals surface area contributed by atoms with E-state index in [1.807, 2.05) is 0 Å². The molecular weight excluding hydrogens is 374 g/mol. The van der Waals surface area contributed by atoms with E-state index in [4.69, 9.17) is 25.8 Å². The van der Waals surface area contributed by atoms with Crippen LogP contribution >= 0.6 is 11.6 Å². The molecule has 0 radical (unpaired) electrons. The summed E-state index contributed by atoms with van der Waals surface area (Å²) in [4.78, 5) is 36.2. The molecule has 7 nitrogen and oxygen atoms in total. The highest BCUT2D eigenvalue weighted by atomic mass is 35.5. The summed E-state index contributed by atoms with van der Waals surface area (Å²) in [7, 11) is 1.40. The number of ether oxygens (including phenoxy) is 3. The van der Waals surface area contributed by atoms with E-state index in [1.165, 1.54) is 25.3 Å². The summed E-state index contributed by atoms with van der Waals surface area (Å²) in [6, 6.07) is 10.8. The zero-order valence-electron chi connectivity index (χ0n) is 14.8. The van der Waals surface area contributed by atoms with Crippen LogP contribution in [0, 0.1) is 0 Å². The van der Waals surface area contributed by atoms with Crippen molar-refractivity contribution in [2.45, 2.75) is 6.92 Å². The third-order valence-corrected chi connectivity index (χ3v) is 3.65. The number of hydrogen-bond donors (Lipinski definition) is 1. The van der Waals surface area contributed by atoms with Gasteiger partial charge in [0.1, 0.15) is 11.3 Å². The minimum Gasteiger partial charge on any atom is -0.496 e. The van der Waals surface area contributed by atoms with Crippen LogP contribution in [0.25, 0.3) is 0 Å². The Labute approximate surface area is 161 Å². The molecule has 0 saturated heterocycles. The SMILES string of the molecule is CCOC(=O)c1ccccc1NC(=O)COC(=O)c1cc(Cl)ccc1OC. The Hall–Kier alpha value is -3.06. The van der Waals surface area contributed by atoms with Crippen LogP contribution in [0.1, 0.15) is 27.6 Å². The Morgan fingerprint density at radius 1 is 1.00 bits per heavy atom. The lowest BCUT2D eigenvalue weighted by molar-refractivity contribution is -0.119. The summed E-state index contributed by atoms with van der Waals surface area (Å²) >= 11 is 5.87. The predicted octanol–water partition coefficient (Wildman–Crippen LogP) is 3.32. The van der Waals surface area contributed by atoms with E-state index in [-0.39, 0.29) is 29.2 Å². The van der Waals surface area contributed by atoms with Crippen LogP contribution in [0.4, 0.5) is 5.69 Å². The van der Waals surface area contributed by atoms with Crippen LogP contribution in [-0.4, -0.2) is 38.2 Å². The molecule has 0 aliphatic heterocycles. The number of esters is 2. The monoisotopic (exact) mass is 391 g/mol. The van der Waals surface area contributed by atoms with E-state index in [1.54, 1.807) is 31.2 Å². The maximum Gasteiger partial charge on any atom is 0.342 e. The van der Waals surface area contributed by atoms with Crippen molar-refractivity contribution in [3.63, 3.8) is 0 Å². The second kappa shape index (κ2) is 9.59. The van der Waals surface area contributed by atoms with Gasteiger partial charge in [-0.05, 0) is 37.3 Å². The average Bonchev–Trinajstić information content (AvgIpc) is 2.66. The molecule has 27 heavy (non-hydrogen) atoms. The minimum absolute atomic E-state index is 0.102. The number of halogens is 1. The van der Waals surface area contributed by atoms with Gasteiger partial charge in [0.05, 0.1) is 25.0 Å². The average molecular weight is 392 g/mol. The number of benzene rings is 2. The molecule has 0 aliphatic rings. The summed E-state index contributed by atoms with van der Waals surface area (Å²) in [6.45, 7) is 1.34. The van der Waals surface area contributed by atoms with Gasteiger partial charge in [-0.15, -0.1) is 0 Å². The number of carbonyl (C=O) groups is 3. The topological polar surface area (TPSA) is 90.9 Å². The van der Waals surface area contributed by atoms with Gasteiger partial charge in [0.2, 0.25) is 0 Å². The van der Waals surface area contributed by atoms with E-state index in [2.05, 4.69) is 5.32 Å². The fourth-order valence-corrected chi connectivity index (χ4v) is 2.39. The minimum atomic E-state index is -0.761. The summed E-state index contributed by atoms with van der Waals surface area (Å²) in [5.41, 5.74) is 0.567. The molecule has 2 rings (SSSR count). The molecule has 0 atom stereocenters. The first kappa shape index (κ1) is 20.3. The summed E-state index contributed by atoms with van der Waals surface area (Å²) in [5.74, 6) is -1.66. The highest BCUT2D eigenvalue weighted by Gasteiger charge is 2.18. The Morgan fingerprint density at radius 3 is 2.41 bits per heavy atom. The van der Waals surface area contributed by atoms with Crippen LogP contribution in [0.15, 0.2) is 42.5 Å². The van der Waals surface area contributed by atoms with Crippen LogP contribution < -0.4 is 10.1 Å². The Balaban J connectivity index is 2.02. The van der Waals surface area contributed by atoms with Crippen molar-refractivity contribution in [1.29, 1.82) is 0 Å². The van der Waals surface area contributed by atoms with E-state index >= 15 is 0 Å². The van der Waals surface area contributed by atoms with Gasteiger partial charge < -0.3 is 19.5 Å². The van der Waals surface area contributed by atoms with Gasteiger partial charge in [0.25, 0.3) is 5.91 Å². The van der Waals surface area contributed by atoms with Crippen molar-refractivity contribution in [3.05, 3.63) is 58.6 Å². The lowest BCUT2D eigenvalue weighted by Gasteiger charge is -2.11. The fraction of sp³-hybridized carbons (Fsp3) is 0.211. The van der Waals surface area contributed by atoms with Crippen molar-refractivity contribution in [2.75, 3.05) is 25.6 Å². The fourth-order valence-electron chi connectivity index (χ4n) is 2.21. The molecule has 0 bridgehead atoms. The highest BCUT2D eigenvalue weighted by Crippen LogP contribution is 2.23. The molecule has 2 aromatic rings. The Bertz CT molecular complexity index is 852. The van der Waals surface area contributed by atoms with Gasteiger partial charge in [-0.1, -0.05) is 23.7 Å². The number of amides is 1. The molecule has 0 unspecified atom stereocenters. The van der Waals surface area contributed by atoms with Crippen LogP contribution in [0.2, 0.25) is 5.02 Å². The van der Waals surface area contributed by atoms with Crippen LogP contribution in [0.5, 0.6) is 5.75 Å². The standard InChI is InChI=1S/C19H18ClNO6/c1-3-26-18(23)13-6-4-5-7-15(13)21-17(22)11-27-19(24)14-10-12(20)8-9-16(14)25-2/h4-10H,3,11H2,1-2H3,(H,21,22). The van der Waals surface area contributed by atoms with E-state index in [9.17, 15) is 14.4 Å². The molecule has 0 spiro atoms. The van der Waals surface area contributed by atoms with Crippen LogP contribution in [-0.2, 0) is 14.3 Å². The number of hydrogen-bond acceptors (Lipinski definition) is 6. The molecule has 142 valence electrons. The maximum atomic E-state index is 12.2. The molecule has 1 amide bonds. The maximum absolute atomic E-state index is 12.2. The van der Waals surface area contributed by atoms with E-state index < -0.39 is 24.5 Å². The van der Waals surface area contributed by atoms with Crippen molar-refractivity contribution in [1.82, 2.24) is 0 Å². The van der Waals surface area contributed by atoms with Gasteiger partial charge in [-0.3, -0.25) is 4.79 Å². The molecule has 0 saturated carbocycles. The van der Waals surface area contributed by atoms with E-state index in [0.29, 0.717) is 5.02 Å². The van der Waals surface area contributed by atoms with Gasteiger partial charge in [-0.25, -0.2) is 9.59 Å². The van der Waals surface area contributed by atoms with Crippen molar-refractivity contribution in [2.24, 2.45) is 0 Å². The van der Waals surface area contributed by atoms with Crippen molar-refractivity contribution < 1.29 is 28.6 Å². The highest BCUT2D eigenvalue weighted by molar-refractivity contribution is 6.31. The quantitative estimate of drug-likeness (QED) is 0.728. The molecule has 0 aromatic heterocycles. The largest absolute Gasteiger partial charge is 0.496 e. The number of nitrogens with one attached hydrogen (secondary N) is 1. The second-order valence-corrected chi connectivity index (χ2v) is 5.67. The number of anilines is 1. The normalized spacial score (nSPS) is 10.0. The first-order valence-electron chi connectivity index (χ1n) is 8.03. The zero-order chi connectivity index (χ0) is 19.8. The summed E-state index contributed by atoms with van der Waals surface area (Å²) in [5, 5.41) is 2.85. The molecular formula is C19H18ClNO6.